The van der Waals surface area contributed by atoms with Crippen molar-refractivity contribution in [3.63, 3.8) is 0 Å². The molecule has 4 nitrogen and oxygen atoms in total. The fraction of sp³-hybridized carbons (Fsp3) is 0.714. The van der Waals surface area contributed by atoms with E-state index in [1.165, 1.54) is 0 Å². The maximum atomic E-state index is 6.92. The number of amidine groups is 2. The molecule has 12 heavy (non-hydrogen) atoms. The first-order valence-electron chi connectivity index (χ1n) is 3.57. The van der Waals surface area contributed by atoms with Crippen molar-refractivity contribution in [2.24, 2.45) is 4.99 Å². The Hall–Kier alpha value is -0.610. The molecule has 0 aliphatic carbocycles. The molecule has 0 aromatic heterocycles. The number of nitrogens with one attached hydrogen (secondary N) is 1. The first-order valence-corrected chi connectivity index (χ1v) is 3.95. The van der Waals surface area contributed by atoms with Gasteiger partial charge in [-0.15, -0.1) is 0 Å². The van der Waals surface area contributed by atoms with Gasteiger partial charge in [-0.25, -0.2) is 4.99 Å². The van der Waals surface area contributed by atoms with Crippen LogP contribution < -0.4 is 0 Å². The molecular formula is C7H14ClN3O. The van der Waals surface area contributed by atoms with Gasteiger partial charge in [0.15, 0.2) is 0 Å². The monoisotopic (exact) mass is 191 g/mol. The largest absolute Gasteiger partial charge is 0.383 e. The van der Waals surface area contributed by atoms with E-state index in [4.69, 9.17) is 21.7 Å². The van der Waals surface area contributed by atoms with E-state index in [9.17, 15) is 0 Å². The SMILES string of the molecule is COCCN(C)C(C)=NC(=N)Cl. The van der Waals surface area contributed by atoms with Crippen molar-refractivity contribution in [1.82, 2.24) is 4.90 Å². The van der Waals surface area contributed by atoms with Crippen molar-refractivity contribution in [1.29, 1.82) is 5.41 Å². The van der Waals surface area contributed by atoms with E-state index in [-0.39, 0.29) is 5.29 Å². The molecule has 0 aromatic carbocycles. The number of rotatable bonds is 3. The minimum atomic E-state index is -0.197. The highest BCUT2D eigenvalue weighted by molar-refractivity contribution is 6.64. The number of methoxy groups -OCH3 is 1. The number of likely N-dealkylation sites (N-methyl/N-ethyl adjacent to an activating group) is 1. The lowest BCUT2D eigenvalue weighted by atomic mass is 10.5. The van der Waals surface area contributed by atoms with Crippen LogP contribution in [0.3, 0.4) is 0 Å². The van der Waals surface area contributed by atoms with Crippen LogP contribution in [0, 0.1) is 5.41 Å². The molecule has 0 aliphatic heterocycles. The summed E-state index contributed by atoms with van der Waals surface area (Å²) in [4.78, 5) is 5.64. The zero-order valence-electron chi connectivity index (χ0n) is 7.59. The van der Waals surface area contributed by atoms with E-state index in [0.29, 0.717) is 12.4 Å². The molecule has 0 radical (unpaired) electrons. The van der Waals surface area contributed by atoms with Gasteiger partial charge in [0.2, 0.25) is 5.29 Å². The summed E-state index contributed by atoms with van der Waals surface area (Å²) in [6.45, 7) is 3.18. The fourth-order valence-electron chi connectivity index (χ4n) is 0.617. The van der Waals surface area contributed by atoms with E-state index in [1.807, 2.05) is 11.9 Å². The lowest BCUT2D eigenvalue weighted by molar-refractivity contribution is 0.182. The maximum Gasteiger partial charge on any atom is 0.216 e. The van der Waals surface area contributed by atoms with Crippen LogP contribution in [-0.4, -0.2) is 43.3 Å². The average Bonchev–Trinajstić information content (AvgIpc) is 1.98. The lowest BCUT2D eigenvalue weighted by Crippen LogP contribution is -2.28. The van der Waals surface area contributed by atoms with Crippen molar-refractivity contribution in [2.45, 2.75) is 6.92 Å². The average molecular weight is 192 g/mol. The zero-order valence-corrected chi connectivity index (χ0v) is 8.35. The molecule has 0 saturated carbocycles. The molecule has 0 amide bonds. The molecule has 0 heterocycles. The van der Waals surface area contributed by atoms with Crippen LogP contribution in [0.2, 0.25) is 0 Å². The number of nitrogens with zero attached hydrogens (tertiary/aromatic N) is 2. The lowest BCUT2D eigenvalue weighted by Gasteiger charge is -2.17. The third kappa shape index (κ3) is 5.09. The Morgan fingerprint density at radius 2 is 2.25 bits per heavy atom. The second kappa shape index (κ2) is 5.97. The Labute approximate surface area is 77.7 Å². The molecule has 1 N–H and O–H groups in total. The van der Waals surface area contributed by atoms with E-state index in [0.717, 1.165) is 6.54 Å². The van der Waals surface area contributed by atoms with Crippen molar-refractivity contribution >= 4 is 22.7 Å². The summed E-state index contributed by atoms with van der Waals surface area (Å²) in [5.41, 5.74) is 0. The van der Waals surface area contributed by atoms with E-state index >= 15 is 0 Å². The summed E-state index contributed by atoms with van der Waals surface area (Å²) in [6, 6.07) is 0. The summed E-state index contributed by atoms with van der Waals surface area (Å²) < 4.78 is 4.88. The van der Waals surface area contributed by atoms with Crippen LogP contribution in [-0.2, 0) is 4.74 Å². The van der Waals surface area contributed by atoms with Crippen LogP contribution in [0.5, 0.6) is 0 Å². The first-order chi connectivity index (χ1) is 5.57. The molecule has 0 aromatic rings. The van der Waals surface area contributed by atoms with Crippen LogP contribution in [0.1, 0.15) is 6.92 Å². The molecule has 5 heteroatoms. The molecule has 70 valence electrons. The molecule has 0 bridgehead atoms. The third-order valence-electron chi connectivity index (χ3n) is 1.44. The third-order valence-corrected chi connectivity index (χ3v) is 1.53. The Morgan fingerprint density at radius 1 is 1.67 bits per heavy atom. The number of ether oxygens (including phenoxy) is 1. The van der Waals surface area contributed by atoms with Gasteiger partial charge in [-0.1, -0.05) is 0 Å². The van der Waals surface area contributed by atoms with E-state index in [1.54, 1.807) is 14.0 Å². The Bertz CT molecular complexity index is 181. The van der Waals surface area contributed by atoms with Gasteiger partial charge in [0.05, 0.1) is 6.61 Å². The maximum absolute atomic E-state index is 6.92. The fourth-order valence-corrected chi connectivity index (χ4v) is 0.740. The molecule has 0 saturated heterocycles. The Balaban J connectivity index is 3.91. The second-order valence-electron chi connectivity index (χ2n) is 2.36. The molecular weight excluding hydrogens is 178 g/mol. The van der Waals surface area contributed by atoms with Crippen molar-refractivity contribution in [3.05, 3.63) is 0 Å². The van der Waals surface area contributed by atoms with E-state index < -0.39 is 0 Å². The highest BCUT2D eigenvalue weighted by Gasteiger charge is 1.99. The van der Waals surface area contributed by atoms with Crippen LogP contribution in [0.4, 0.5) is 0 Å². The predicted octanol–water partition coefficient (Wildman–Crippen LogP) is 1.16. The van der Waals surface area contributed by atoms with Crippen LogP contribution >= 0.6 is 11.6 Å². The molecule has 0 spiro atoms. The number of hydrogen-bond donors (Lipinski definition) is 1. The van der Waals surface area contributed by atoms with Crippen LogP contribution in [0.15, 0.2) is 4.99 Å². The minimum Gasteiger partial charge on any atom is -0.383 e. The summed E-state index contributed by atoms with van der Waals surface area (Å²) in [7, 11) is 3.52. The first kappa shape index (κ1) is 11.4. The number of halogens is 1. The summed E-state index contributed by atoms with van der Waals surface area (Å²) in [6.07, 6.45) is 0. The van der Waals surface area contributed by atoms with Gasteiger partial charge in [0.1, 0.15) is 5.84 Å². The second-order valence-corrected chi connectivity index (χ2v) is 2.72. The topological polar surface area (TPSA) is 48.7 Å². The number of aliphatic imine (C=N–C) groups is 1. The van der Waals surface area contributed by atoms with Gasteiger partial charge in [-0.05, 0) is 18.5 Å². The predicted molar refractivity (Wildman–Crippen MR) is 51.2 cm³/mol. The van der Waals surface area contributed by atoms with Crippen LogP contribution in [0.25, 0.3) is 0 Å². The van der Waals surface area contributed by atoms with Gasteiger partial charge in [-0.2, -0.15) is 0 Å². The minimum absolute atomic E-state index is 0.197. The molecule has 0 atom stereocenters. The van der Waals surface area contributed by atoms with Crippen molar-refractivity contribution in [3.8, 4) is 0 Å². The zero-order chi connectivity index (χ0) is 9.56. The van der Waals surface area contributed by atoms with Gasteiger partial charge < -0.3 is 9.64 Å². The van der Waals surface area contributed by atoms with Gasteiger partial charge in [-0.3, -0.25) is 5.41 Å². The molecule has 0 aliphatic rings. The summed E-state index contributed by atoms with van der Waals surface area (Å²) in [5.74, 6) is 0.715. The van der Waals surface area contributed by atoms with Gasteiger partial charge >= 0.3 is 0 Å². The van der Waals surface area contributed by atoms with E-state index in [2.05, 4.69) is 4.99 Å². The summed E-state index contributed by atoms with van der Waals surface area (Å²) in [5, 5.41) is 6.72. The Morgan fingerprint density at radius 3 is 2.67 bits per heavy atom. The Kier molecular flexibility index (Phi) is 5.66. The number of hydrogen-bond acceptors (Lipinski definition) is 2. The molecule has 0 fully saturated rings. The van der Waals surface area contributed by atoms with Gasteiger partial charge in [0, 0.05) is 20.7 Å². The van der Waals surface area contributed by atoms with Crippen molar-refractivity contribution in [2.75, 3.05) is 27.3 Å². The highest BCUT2D eigenvalue weighted by atomic mass is 35.5. The normalized spacial score (nSPS) is 11.5. The smallest absolute Gasteiger partial charge is 0.216 e. The highest BCUT2D eigenvalue weighted by Crippen LogP contribution is 1.91. The molecule has 0 unspecified atom stereocenters. The van der Waals surface area contributed by atoms with Gasteiger partial charge in [0.25, 0.3) is 0 Å². The molecule has 0 rings (SSSR count). The quantitative estimate of drug-likeness (QED) is 0.414. The van der Waals surface area contributed by atoms with Crippen molar-refractivity contribution < 1.29 is 4.74 Å². The summed E-state index contributed by atoms with van der Waals surface area (Å²) >= 11 is 5.29. The standard InChI is InChI=1S/C7H14ClN3O/c1-6(10-7(8)9)11(2)4-5-12-3/h9H,4-5H2,1-3H3.